The van der Waals surface area contributed by atoms with Crippen molar-refractivity contribution < 1.29 is 24.2 Å². The molecule has 0 aromatic heterocycles. The molecule has 0 radical (unpaired) electrons. The van der Waals surface area contributed by atoms with E-state index in [9.17, 15) is 14.7 Å². The van der Waals surface area contributed by atoms with Gasteiger partial charge in [0.1, 0.15) is 0 Å². The number of phenolic OH excluding ortho intramolecular Hbond substituents is 1. The van der Waals surface area contributed by atoms with Crippen LogP contribution in [-0.2, 0) is 9.53 Å². The summed E-state index contributed by atoms with van der Waals surface area (Å²) in [5, 5.41) is 15.3. The standard InChI is InChI=1S/C18H21N3O5/c1-25-14-7-10(4-5-13(14)22)16-15-12(19-18(24)20-16)9-21(17(15)23)8-11-3-2-6-26-11/h4-5,7,11,16,22H,2-3,6,8-9H2,1H3,(H2,19,20,24). The van der Waals surface area contributed by atoms with Crippen molar-refractivity contribution >= 4 is 11.9 Å². The first-order valence-electron chi connectivity index (χ1n) is 8.65. The highest BCUT2D eigenvalue weighted by atomic mass is 16.5. The molecular formula is C18H21N3O5. The highest BCUT2D eigenvalue weighted by Gasteiger charge is 2.41. The van der Waals surface area contributed by atoms with Crippen LogP contribution in [0.5, 0.6) is 11.5 Å². The van der Waals surface area contributed by atoms with Crippen LogP contribution in [0.4, 0.5) is 4.79 Å². The summed E-state index contributed by atoms with van der Waals surface area (Å²) >= 11 is 0. The minimum absolute atomic E-state index is 0.00321. The number of amides is 3. The van der Waals surface area contributed by atoms with E-state index in [0.717, 1.165) is 19.4 Å². The summed E-state index contributed by atoms with van der Waals surface area (Å²) in [7, 11) is 1.45. The number of nitrogens with one attached hydrogen (secondary N) is 2. The van der Waals surface area contributed by atoms with Gasteiger partial charge < -0.3 is 30.1 Å². The summed E-state index contributed by atoms with van der Waals surface area (Å²) in [6, 6.07) is 3.86. The number of phenols is 1. The zero-order chi connectivity index (χ0) is 18.3. The van der Waals surface area contributed by atoms with Gasteiger partial charge in [0, 0.05) is 13.2 Å². The number of carbonyl (C=O) groups excluding carboxylic acids is 2. The fourth-order valence-electron chi connectivity index (χ4n) is 3.73. The number of benzene rings is 1. The Hall–Kier alpha value is -2.74. The second kappa shape index (κ2) is 6.53. The predicted molar refractivity (Wildman–Crippen MR) is 91.6 cm³/mol. The molecule has 8 nitrogen and oxygen atoms in total. The van der Waals surface area contributed by atoms with Crippen molar-refractivity contribution in [3.05, 3.63) is 35.0 Å². The molecule has 3 heterocycles. The van der Waals surface area contributed by atoms with E-state index in [1.54, 1.807) is 17.0 Å². The van der Waals surface area contributed by atoms with Crippen molar-refractivity contribution in [2.24, 2.45) is 0 Å². The molecule has 2 atom stereocenters. The molecule has 3 amide bonds. The first kappa shape index (κ1) is 16.7. The molecular weight excluding hydrogens is 338 g/mol. The summed E-state index contributed by atoms with van der Waals surface area (Å²) in [6.45, 7) is 1.62. The number of carbonyl (C=O) groups is 2. The van der Waals surface area contributed by atoms with Crippen LogP contribution < -0.4 is 15.4 Å². The molecule has 0 saturated carbocycles. The number of methoxy groups -OCH3 is 1. The molecule has 1 aromatic carbocycles. The second-order valence-electron chi connectivity index (χ2n) is 6.68. The smallest absolute Gasteiger partial charge is 0.319 e. The predicted octanol–water partition coefficient (Wildman–Crippen LogP) is 1.03. The van der Waals surface area contributed by atoms with Crippen LogP contribution in [0.25, 0.3) is 0 Å². The van der Waals surface area contributed by atoms with Gasteiger partial charge in [-0.25, -0.2) is 4.79 Å². The minimum Gasteiger partial charge on any atom is -0.504 e. The number of nitrogens with zero attached hydrogens (tertiary/aromatic N) is 1. The van der Waals surface area contributed by atoms with Crippen molar-refractivity contribution in [3.63, 3.8) is 0 Å². The normalized spacial score (nSPS) is 25.2. The number of rotatable bonds is 4. The number of ether oxygens (including phenoxy) is 2. The minimum atomic E-state index is -0.588. The zero-order valence-corrected chi connectivity index (χ0v) is 14.4. The van der Waals surface area contributed by atoms with E-state index in [0.29, 0.717) is 35.7 Å². The third-order valence-corrected chi connectivity index (χ3v) is 5.01. The van der Waals surface area contributed by atoms with Gasteiger partial charge in [-0.15, -0.1) is 0 Å². The third kappa shape index (κ3) is 2.86. The van der Waals surface area contributed by atoms with Gasteiger partial charge in [0.25, 0.3) is 5.91 Å². The van der Waals surface area contributed by atoms with Crippen molar-refractivity contribution in [3.8, 4) is 11.5 Å². The molecule has 0 spiro atoms. The van der Waals surface area contributed by atoms with E-state index in [1.165, 1.54) is 13.2 Å². The van der Waals surface area contributed by atoms with Crippen molar-refractivity contribution in [1.82, 2.24) is 15.5 Å². The highest BCUT2D eigenvalue weighted by molar-refractivity contribution is 6.01. The molecule has 3 aliphatic rings. The van der Waals surface area contributed by atoms with Crippen molar-refractivity contribution in [1.29, 1.82) is 0 Å². The number of aromatic hydroxyl groups is 1. The van der Waals surface area contributed by atoms with Crippen LogP contribution in [-0.4, -0.2) is 54.9 Å². The van der Waals surface area contributed by atoms with Crippen LogP contribution in [0.2, 0.25) is 0 Å². The van der Waals surface area contributed by atoms with Crippen LogP contribution in [0.1, 0.15) is 24.4 Å². The highest BCUT2D eigenvalue weighted by Crippen LogP contribution is 2.36. The average molecular weight is 359 g/mol. The monoisotopic (exact) mass is 359 g/mol. The lowest BCUT2D eigenvalue weighted by Gasteiger charge is -2.26. The average Bonchev–Trinajstić information content (AvgIpc) is 3.23. The van der Waals surface area contributed by atoms with E-state index in [4.69, 9.17) is 9.47 Å². The summed E-state index contributed by atoms with van der Waals surface area (Å²) < 4.78 is 10.8. The van der Waals surface area contributed by atoms with Crippen LogP contribution in [0.3, 0.4) is 0 Å². The molecule has 8 heteroatoms. The Labute approximate surface area is 150 Å². The molecule has 0 bridgehead atoms. The molecule has 3 aliphatic heterocycles. The van der Waals surface area contributed by atoms with Gasteiger partial charge in [0.15, 0.2) is 11.5 Å². The van der Waals surface area contributed by atoms with Gasteiger partial charge in [-0.1, -0.05) is 6.07 Å². The quantitative estimate of drug-likeness (QED) is 0.746. The van der Waals surface area contributed by atoms with Gasteiger partial charge in [0.05, 0.1) is 37.1 Å². The molecule has 0 aliphatic carbocycles. The Kier molecular flexibility index (Phi) is 4.20. The van der Waals surface area contributed by atoms with Gasteiger partial charge in [0.2, 0.25) is 0 Å². The van der Waals surface area contributed by atoms with Gasteiger partial charge in [-0.05, 0) is 30.5 Å². The number of urea groups is 1. The van der Waals surface area contributed by atoms with Crippen molar-refractivity contribution in [2.45, 2.75) is 25.0 Å². The van der Waals surface area contributed by atoms with Gasteiger partial charge in [-0.2, -0.15) is 0 Å². The van der Waals surface area contributed by atoms with E-state index in [2.05, 4.69) is 10.6 Å². The SMILES string of the molecule is COc1cc(C2NC(=O)NC3=C2C(=O)N(CC2CCCO2)C3)ccc1O. The van der Waals surface area contributed by atoms with Crippen LogP contribution >= 0.6 is 0 Å². The van der Waals surface area contributed by atoms with Gasteiger partial charge in [-0.3, -0.25) is 4.79 Å². The number of hydrogen-bond acceptors (Lipinski definition) is 5. The number of hydrogen-bond donors (Lipinski definition) is 3. The van der Waals surface area contributed by atoms with E-state index < -0.39 is 6.04 Å². The third-order valence-electron chi connectivity index (χ3n) is 5.01. The maximum atomic E-state index is 13.0. The molecule has 26 heavy (non-hydrogen) atoms. The lowest BCUT2D eigenvalue weighted by atomic mass is 9.96. The topological polar surface area (TPSA) is 100 Å². The lowest BCUT2D eigenvalue weighted by molar-refractivity contribution is -0.127. The Morgan fingerprint density at radius 3 is 2.96 bits per heavy atom. The van der Waals surface area contributed by atoms with Crippen LogP contribution in [0, 0.1) is 0 Å². The van der Waals surface area contributed by atoms with Gasteiger partial charge >= 0.3 is 6.03 Å². The Morgan fingerprint density at radius 2 is 2.23 bits per heavy atom. The molecule has 1 fully saturated rings. The zero-order valence-electron chi connectivity index (χ0n) is 14.4. The Bertz CT molecular complexity index is 785. The summed E-state index contributed by atoms with van der Waals surface area (Å²) in [4.78, 5) is 26.8. The molecule has 4 rings (SSSR count). The lowest BCUT2D eigenvalue weighted by Crippen LogP contribution is -2.44. The van der Waals surface area contributed by atoms with E-state index >= 15 is 0 Å². The van der Waals surface area contributed by atoms with Crippen LogP contribution in [0.15, 0.2) is 29.5 Å². The molecule has 1 saturated heterocycles. The summed E-state index contributed by atoms with van der Waals surface area (Å²) in [5.74, 6) is 0.183. The maximum absolute atomic E-state index is 13.0. The van der Waals surface area contributed by atoms with E-state index in [1.807, 2.05) is 0 Å². The molecule has 2 unspecified atom stereocenters. The summed E-state index contributed by atoms with van der Waals surface area (Å²) in [5.41, 5.74) is 1.82. The van der Waals surface area contributed by atoms with E-state index in [-0.39, 0.29) is 23.8 Å². The molecule has 138 valence electrons. The molecule has 3 N–H and O–H groups in total. The fourth-order valence-corrected chi connectivity index (χ4v) is 3.73. The maximum Gasteiger partial charge on any atom is 0.319 e. The second-order valence-corrected chi connectivity index (χ2v) is 6.68. The van der Waals surface area contributed by atoms with Crippen molar-refractivity contribution in [2.75, 3.05) is 26.8 Å². The largest absolute Gasteiger partial charge is 0.504 e. The Morgan fingerprint density at radius 1 is 1.38 bits per heavy atom. The first-order chi connectivity index (χ1) is 12.6. The summed E-state index contributed by atoms with van der Waals surface area (Å²) in [6.07, 6.45) is 2.00. The fraction of sp³-hybridized carbons (Fsp3) is 0.444. The Balaban J connectivity index is 1.62. The molecule has 1 aromatic rings. The first-order valence-corrected chi connectivity index (χ1v) is 8.65.